The molecule has 0 atom stereocenters. The van der Waals surface area contributed by atoms with Crippen LogP contribution in [0.4, 0.5) is 11.4 Å². The topological polar surface area (TPSA) is 58.1 Å². The molecular weight excluding hydrogens is 324 g/mol. The van der Waals surface area contributed by atoms with Crippen LogP contribution in [0.5, 0.6) is 0 Å². The average Bonchev–Trinajstić information content (AvgIpc) is 2.60. The number of rotatable bonds is 3. The van der Waals surface area contributed by atoms with Gasteiger partial charge in [0.05, 0.1) is 18.1 Å². The highest BCUT2D eigenvalue weighted by Gasteiger charge is 2.17. The van der Waals surface area contributed by atoms with Crippen molar-refractivity contribution in [3.63, 3.8) is 0 Å². The first kappa shape index (κ1) is 18.1. The van der Waals surface area contributed by atoms with Gasteiger partial charge < -0.3 is 10.2 Å². The molecule has 26 heavy (non-hydrogen) atoms. The Bertz CT molecular complexity index is 819. The van der Waals surface area contributed by atoms with Crippen LogP contribution in [0.25, 0.3) is 6.08 Å². The first-order valence-electron chi connectivity index (χ1n) is 8.98. The second-order valence-electron chi connectivity index (χ2n) is 7.78. The second-order valence-corrected chi connectivity index (χ2v) is 7.78. The van der Waals surface area contributed by atoms with Crippen molar-refractivity contribution in [3.05, 3.63) is 53.6 Å². The van der Waals surface area contributed by atoms with Crippen molar-refractivity contribution in [2.24, 2.45) is 0 Å². The Balaban J connectivity index is 1.64. The largest absolute Gasteiger partial charge is 0.374 e. The Hall–Kier alpha value is -2.69. The van der Waals surface area contributed by atoms with E-state index in [1.807, 2.05) is 12.1 Å². The van der Waals surface area contributed by atoms with Crippen molar-refractivity contribution in [2.45, 2.75) is 39.0 Å². The molecule has 136 valence electrons. The molecule has 0 radical (unpaired) electrons. The number of carbonyl (C=O) groups is 1. The fraction of sp³-hybridized carbons (Fsp3) is 0.381. The van der Waals surface area contributed by atoms with Gasteiger partial charge in [-0.3, -0.25) is 4.79 Å². The molecule has 0 fully saturated rings. The maximum absolute atomic E-state index is 12.1. The van der Waals surface area contributed by atoms with Crippen LogP contribution < -0.4 is 10.2 Å². The van der Waals surface area contributed by atoms with Crippen LogP contribution in [0.3, 0.4) is 0 Å². The molecule has 5 heteroatoms. The summed E-state index contributed by atoms with van der Waals surface area (Å²) in [5.41, 5.74) is 4.15. The molecule has 0 aliphatic carbocycles. The number of carbonyl (C=O) groups excluding carboxylic acids is 1. The Morgan fingerprint density at radius 2 is 1.96 bits per heavy atom. The lowest BCUT2D eigenvalue weighted by Crippen LogP contribution is -2.24. The van der Waals surface area contributed by atoms with Gasteiger partial charge in [-0.1, -0.05) is 26.8 Å². The quantitative estimate of drug-likeness (QED) is 0.855. The summed E-state index contributed by atoms with van der Waals surface area (Å²) < 4.78 is 0. The molecule has 0 unspecified atom stereocenters. The van der Waals surface area contributed by atoms with Crippen LogP contribution in [-0.4, -0.2) is 29.5 Å². The third kappa shape index (κ3) is 4.28. The van der Waals surface area contributed by atoms with Gasteiger partial charge in [0.2, 0.25) is 5.91 Å². The minimum absolute atomic E-state index is 0.108. The molecule has 2 heterocycles. The summed E-state index contributed by atoms with van der Waals surface area (Å²) in [4.78, 5) is 23.1. The number of fused-ring (bicyclic) bond motifs is 1. The van der Waals surface area contributed by atoms with Crippen LogP contribution >= 0.6 is 0 Å². The highest BCUT2D eigenvalue weighted by Crippen LogP contribution is 2.27. The molecule has 1 N–H and O–H groups in total. The Kier molecular flexibility index (Phi) is 5.07. The predicted octanol–water partition coefficient (Wildman–Crippen LogP) is 3.81. The maximum Gasteiger partial charge on any atom is 0.248 e. The van der Waals surface area contributed by atoms with Gasteiger partial charge in [0.25, 0.3) is 0 Å². The van der Waals surface area contributed by atoms with Crippen LogP contribution in [0.2, 0.25) is 0 Å². The third-order valence-electron chi connectivity index (χ3n) is 4.47. The smallest absolute Gasteiger partial charge is 0.248 e. The number of amides is 1. The molecule has 1 aromatic heterocycles. The Morgan fingerprint density at radius 3 is 2.65 bits per heavy atom. The summed E-state index contributed by atoms with van der Waals surface area (Å²) in [7, 11) is 2.12. The summed E-state index contributed by atoms with van der Waals surface area (Å²) in [6.45, 7) is 7.26. The first-order chi connectivity index (χ1) is 12.3. The van der Waals surface area contributed by atoms with Crippen molar-refractivity contribution in [3.8, 4) is 0 Å². The lowest BCUT2D eigenvalue weighted by atomic mass is 9.96. The minimum atomic E-state index is -0.188. The fourth-order valence-corrected chi connectivity index (χ4v) is 3.04. The van der Waals surface area contributed by atoms with E-state index in [-0.39, 0.29) is 11.3 Å². The Morgan fingerprint density at radius 1 is 1.23 bits per heavy atom. The summed E-state index contributed by atoms with van der Waals surface area (Å²) in [6, 6.07) is 6.34. The highest BCUT2D eigenvalue weighted by atomic mass is 16.1. The van der Waals surface area contributed by atoms with Crippen molar-refractivity contribution < 1.29 is 4.79 Å². The predicted molar refractivity (Wildman–Crippen MR) is 106 cm³/mol. The first-order valence-corrected chi connectivity index (χ1v) is 8.98. The molecule has 1 aromatic carbocycles. The van der Waals surface area contributed by atoms with Gasteiger partial charge >= 0.3 is 0 Å². The summed E-state index contributed by atoms with van der Waals surface area (Å²) in [5, 5.41) is 2.80. The van der Waals surface area contributed by atoms with Crippen LogP contribution in [0, 0.1) is 0 Å². The van der Waals surface area contributed by atoms with E-state index in [0.29, 0.717) is 5.69 Å². The van der Waals surface area contributed by atoms with Crippen LogP contribution in [0.15, 0.2) is 36.7 Å². The van der Waals surface area contributed by atoms with E-state index in [1.165, 1.54) is 17.7 Å². The van der Waals surface area contributed by atoms with E-state index in [9.17, 15) is 4.79 Å². The van der Waals surface area contributed by atoms with Gasteiger partial charge in [0.1, 0.15) is 5.82 Å². The minimum Gasteiger partial charge on any atom is -0.374 e. The molecule has 1 aliphatic heterocycles. The van der Waals surface area contributed by atoms with E-state index in [4.69, 9.17) is 0 Å². The molecule has 3 rings (SSSR count). The number of aryl methyl sites for hydroxylation is 1. The van der Waals surface area contributed by atoms with Crippen LogP contribution in [0.1, 0.15) is 44.1 Å². The highest BCUT2D eigenvalue weighted by molar-refractivity contribution is 6.01. The summed E-state index contributed by atoms with van der Waals surface area (Å²) >= 11 is 0. The number of aromatic nitrogens is 2. The molecule has 5 nitrogen and oxygen atoms in total. The molecule has 2 aromatic rings. The summed E-state index contributed by atoms with van der Waals surface area (Å²) in [6.07, 6.45) is 8.94. The fourth-order valence-electron chi connectivity index (χ4n) is 3.04. The SMILES string of the molecule is CN1CCCc2cc(/C=C/C(=O)Nc3cnc(C(C)(C)C)nc3)ccc21. The van der Waals surface area contributed by atoms with Crippen LogP contribution in [-0.2, 0) is 16.6 Å². The second kappa shape index (κ2) is 7.28. The normalized spacial score (nSPS) is 14.4. The lowest BCUT2D eigenvalue weighted by molar-refractivity contribution is -0.111. The number of hydrogen-bond acceptors (Lipinski definition) is 4. The van der Waals surface area contributed by atoms with Gasteiger partial charge in [-0.15, -0.1) is 0 Å². The molecular formula is C21H26N4O. The molecule has 1 amide bonds. The van der Waals surface area contributed by atoms with Gasteiger partial charge in [0.15, 0.2) is 0 Å². The van der Waals surface area contributed by atoms with E-state index in [0.717, 1.165) is 24.4 Å². The van der Waals surface area contributed by atoms with Crippen molar-refractivity contribution >= 4 is 23.4 Å². The molecule has 0 spiro atoms. The van der Waals surface area contributed by atoms with Gasteiger partial charge in [0, 0.05) is 30.8 Å². The molecule has 0 saturated carbocycles. The molecule has 0 saturated heterocycles. The Labute approximate surface area is 155 Å². The number of anilines is 2. The van der Waals surface area contributed by atoms with E-state index < -0.39 is 0 Å². The zero-order valence-electron chi connectivity index (χ0n) is 15.9. The van der Waals surface area contributed by atoms with Gasteiger partial charge in [-0.25, -0.2) is 9.97 Å². The zero-order valence-corrected chi connectivity index (χ0v) is 15.9. The van der Waals surface area contributed by atoms with E-state index in [2.05, 4.69) is 60.1 Å². The molecule has 0 bridgehead atoms. The van der Waals surface area contributed by atoms with Gasteiger partial charge in [-0.05, 0) is 42.2 Å². The molecule has 1 aliphatic rings. The maximum atomic E-state index is 12.1. The third-order valence-corrected chi connectivity index (χ3v) is 4.47. The zero-order chi connectivity index (χ0) is 18.7. The standard InChI is InChI=1S/C21H26N4O/c1-21(2,3)20-22-13-17(14-23-20)24-19(26)10-8-15-7-9-18-16(12-15)6-5-11-25(18)4/h7-10,12-14H,5-6,11H2,1-4H3,(H,24,26)/b10-8+. The monoisotopic (exact) mass is 350 g/mol. The number of nitrogens with zero attached hydrogens (tertiary/aromatic N) is 3. The van der Waals surface area contributed by atoms with Crippen molar-refractivity contribution in [1.29, 1.82) is 0 Å². The van der Waals surface area contributed by atoms with Crippen molar-refractivity contribution in [2.75, 3.05) is 23.8 Å². The number of benzene rings is 1. The van der Waals surface area contributed by atoms with Crippen molar-refractivity contribution in [1.82, 2.24) is 9.97 Å². The van der Waals surface area contributed by atoms with E-state index in [1.54, 1.807) is 18.5 Å². The van der Waals surface area contributed by atoms with E-state index >= 15 is 0 Å². The number of hydrogen-bond donors (Lipinski definition) is 1. The van der Waals surface area contributed by atoms with Gasteiger partial charge in [-0.2, -0.15) is 0 Å². The average molecular weight is 350 g/mol. The number of nitrogens with one attached hydrogen (secondary N) is 1. The summed E-state index contributed by atoms with van der Waals surface area (Å²) in [5.74, 6) is 0.567. The lowest BCUT2D eigenvalue weighted by Gasteiger charge is -2.27.